The summed E-state index contributed by atoms with van der Waals surface area (Å²) in [6, 6.07) is 7.28. The Labute approximate surface area is 131 Å². The number of hydrogen-bond donors (Lipinski definition) is 1. The molecule has 0 amide bonds. The summed E-state index contributed by atoms with van der Waals surface area (Å²) >= 11 is 0. The van der Waals surface area contributed by atoms with Gasteiger partial charge in [0.15, 0.2) is 0 Å². The van der Waals surface area contributed by atoms with E-state index in [1.165, 1.54) is 40.8 Å². The topological polar surface area (TPSA) is 47.1 Å². The van der Waals surface area contributed by atoms with Crippen molar-refractivity contribution < 1.29 is 0 Å². The van der Waals surface area contributed by atoms with Gasteiger partial charge in [0.1, 0.15) is 0 Å². The predicted octanol–water partition coefficient (Wildman–Crippen LogP) is 2.75. The molecule has 2 aliphatic rings. The first-order chi connectivity index (χ1) is 10.6. The highest BCUT2D eigenvalue weighted by Gasteiger charge is 2.34. The zero-order valence-corrected chi connectivity index (χ0v) is 13.2. The summed E-state index contributed by atoms with van der Waals surface area (Å²) in [4.78, 5) is 2.51. The van der Waals surface area contributed by atoms with Crippen LogP contribution in [0.25, 0.3) is 17.2 Å². The first-order valence-electron chi connectivity index (χ1n) is 7.98. The number of aromatic nitrogens is 2. The molecular formula is C18H22N4. The van der Waals surface area contributed by atoms with Crippen LogP contribution >= 0.6 is 0 Å². The van der Waals surface area contributed by atoms with Gasteiger partial charge in [0.05, 0.1) is 6.20 Å². The smallest absolute Gasteiger partial charge is 0.0568 e. The third-order valence-electron chi connectivity index (χ3n) is 4.65. The highest BCUT2D eigenvalue weighted by Crippen LogP contribution is 2.39. The molecule has 22 heavy (non-hydrogen) atoms. The molecule has 1 saturated carbocycles. The third kappa shape index (κ3) is 2.24. The summed E-state index contributed by atoms with van der Waals surface area (Å²) in [5.74, 6) is 0. The number of nitrogens with zero attached hydrogens (tertiary/aromatic N) is 3. The van der Waals surface area contributed by atoms with Crippen molar-refractivity contribution >= 4 is 6.08 Å². The van der Waals surface area contributed by atoms with Crippen molar-refractivity contribution in [3.63, 3.8) is 0 Å². The molecule has 114 valence electrons. The third-order valence-corrected chi connectivity index (χ3v) is 4.65. The Balaban J connectivity index is 1.82. The number of nitrogens with two attached hydrogens (primary N) is 1. The molecule has 0 radical (unpaired) electrons. The number of aryl methyl sites for hydroxylation is 1. The predicted molar refractivity (Wildman–Crippen MR) is 88.8 cm³/mol. The number of hydrogen-bond acceptors (Lipinski definition) is 3. The van der Waals surface area contributed by atoms with E-state index in [9.17, 15) is 0 Å². The Morgan fingerprint density at radius 2 is 2.14 bits per heavy atom. The van der Waals surface area contributed by atoms with E-state index in [0.29, 0.717) is 6.04 Å². The first kappa shape index (κ1) is 13.6. The molecule has 1 aliphatic heterocycles. The van der Waals surface area contributed by atoms with Gasteiger partial charge in [-0.1, -0.05) is 18.2 Å². The van der Waals surface area contributed by atoms with E-state index in [-0.39, 0.29) is 6.04 Å². The zero-order valence-electron chi connectivity index (χ0n) is 13.2. The quantitative estimate of drug-likeness (QED) is 0.947. The molecule has 1 aromatic carbocycles. The maximum Gasteiger partial charge on any atom is 0.0568 e. The maximum atomic E-state index is 6.21. The molecule has 2 heterocycles. The van der Waals surface area contributed by atoms with Crippen molar-refractivity contribution in [1.82, 2.24) is 14.7 Å². The van der Waals surface area contributed by atoms with E-state index in [2.05, 4.69) is 47.4 Å². The minimum atomic E-state index is 0.0794. The molecular weight excluding hydrogens is 272 g/mol. The Morgan fingerprint density at radius 3 is 2.77 bits per heavy atom. The van der Waals surface area contributed by atoms with Gasteiger partial charge < -0.3 is 10.6 Å². The molecule has 0 bridgehead atoms. The number of benzene rings is 1. The summed E-state index contributed by atoms with van der Waals surface area (Å²) in [6.07, 6.45) is 8.88. The van der Waals surface area contributed by atoms with Gasteiger partial charge in [0.25, 0.3) is 0 Å². The van der Waals surface area contributed by atoms with E-state index in [1.54, 1.807) is 0 Å². The second-order valence-electron chi connectivity index (χ2n) is 6.49. The van der Waals surface area contributed by atoms with Crippen LogP contribution < -0.4 is 5.73 Å². The molecule has 4 rings (SSSR count). The molecule has 0 saturated heterocycles. The van der Waals surface area contributed by atoms with E-state index >= 15 is 0 Å². The van der Waals surface area contributed by atoms with Crippen molar-refractivity contribution in [2.24, 2.45) is 12.8 Å². The van der Waals surface area contributed by atoms with Crippen molar-refractivity contribution in [3.05, 3.63) is 47.4 Å². The highest BCUT2D eigenvalue weighted by molar-refractivity contribution is 5.74. The summed E-state index contributed by atoms with van der Waals surface area (Å²) in [6.45, 7) is 3.04. The molecule has 0 unspecified atom stereocenters. The molecule has 2 N–H and O–H groups in total. The van der Waals surface area contributed by atoms with Gasteiger partial charge in [0.2, 0.25) is 0 Å². The van der Waals surface area contributed by atoms with Gasteiger partial charge in [-0.2, -0.15) is 5.10 Å². The molecule has 1 fully saturated rings. The lowest BCUT2D eigenvalue weighted by Crippen LogP contribution is -2.36. The Morgan fingerprint density at radius 1 is 1.32 bits per heavy atom. The fraction of sp³-hybridized carbons (Fsp3) is 0.389. The van der Waals surface area contributed by atoms with Gasteiger partial charge >= 0.3 is 0 Å². The average Bonchev–Trinajstić information content (AvgIpc) is 3.27. The lowest BCUT2D eigenvalue weighted by Gasteiger charge is -2.35. The van der Waals surface area contributed by atoms with Gasteiger partial charge in [-0.15, -0.1) is 0 Å². The highest BCUT2D eigenvalue weighted by atomic mass is 15.2. The summed E-state index contributed by atoms with van der Waals surface area (Å²) in [7, 11) is 1.96. The van der Waals surface area contributed by atoms with Crippen LogP contribution in [0.3, 0.4) is 0 Å². The number of rotatable bonds is 3. The van der Waals surface area contributed by atoms with Gasteiger partial charge in [-0.3, -0.25) is 4.68 Å². The van der Waals surface area contributed by atoms with Crippen LogP contribution in [0.5, 0.6) is 0 Å². The summed E-state index contributed by atoms with van der Waals surface area (Å²) in [5, 5.41) is 4.32. The second kappa shape index (κ2) is 4.99. The molecule has 4 nitrogen and oxygen atoms in total. The maximum absolute atomic E-state index is 6.21. The average molecular weight is 294 g/mol. The van der Waals surface area contributed by atoms with Crippen molar-refractivity contribution in [3.8, 4) is 11.1 Å². The minimum Gasteiger partial charge on any atom is -0.366 e. The van der Waals surface area contributed by atoms with Crippen LogP contribution in [0.1, 0.15) is 30.9 Å². The van der Waals surface area contributed by atoms with Crippen LogP contribution in [0.4, 0.5) is 0 Å². The van der Waals surface area contributed by atoms with E-state index in [1.807, 2.05) is 17.9 Å². The second-order valence-corrected chi connectivity index (χ2v) is 6.49. The standard InChI is InChI=1S/C18H22N4/c1-12(19)18-8-13-4-3-5-16(14-9-20-21(2)10-14)17(13)11-22(18)15-6-7-15/h3-5,8-10,12,15H,6-7,11,19H2,1-2H3/t12-/m0/s1. The Kier molecular flexibility index (Phi) is 3.08. The van der Waals surface area contributed by atoms with E-state index in [4.69, 9.17) is 5.73 Å². The van der Waals surface area contributed by atoms with Crippen molar-refractivity contribution in [1.29, 1.82) is 0 Å². The molecule has 2 aromatic rings. The number of fused-ring (bicyclic) bond motifs is 1. The fourth-order valence-corrected chi connectivity index (χ4v) is 3.37. The lowest BCUT2D eigenvalue weighted by atomic mass is 9.92. The van der Waals surface area contributed by atoms with Crippen LogP contribution in [-0.2, 0) is 13.6 Å². The zero-order chi connectivity index (χ0) is 15.3. The van der Waals surface area contributed by atoms with Gasteiger partial charge in [-0.25, -0.2) is 0 Å². The van der Waals surface area contributed by atoms with Crippen molar-refractivity contribution in [2.45, 2.75) is 38.4 Å². The van der Waals surface area contributed by atoms with Crippen LogP contribution in [0.15, 0.2) is 36.3 Å². The van der Waals surface area contributed by atoms with E-state index in [0.717, 1.165) is 6.54 Å². The fourth-order valence-electron chi connectivity index (χ4n) is 3.37. The lowest BCUT2D eigenvalue weighted by molar-refractivity contribution is 0.306. The summed E-state index contributed by atoms with van der Waals surface area (Å²) < 4.78 is 1.86. The molecule has 1 aliphatic carbocycles. The minimum absolute atomic E-state index is 0.0794. The van der Waals surface area contributed by atoms with Crippen LogP contribution in [0, 0.1) is 0 Å². The van der Waals surface area contributed by atoms with Gasteiger partial charge in [-0.05, 0) is 42.5 Å². The molecule has 0 spiro atoms. The largest absolute Gasteiger partial charge is 0.366 e. The molecule has 4 heteroatoms. The van der Waals surface area contributed by atoms with Crippen LogP contribution in [-0.4, -0.2) is 26.8 Å². The monoisotopic (exact) mass is 294 g/mol. The Bertz CT molecular complexity index is 737. The van der Waals surface area contributed by atoms with E-state index < -0.39 is 0 Å². The SMILES string of the molecule is C[C@H](N)C1=Cc2cccc(-c3cnn(C)c3)c2CN1C1CC1. The first-order valence-corrected chi connectivity index (χ1v) is 7.98. The van der Waals surface area contributed by atoms with Crippen LogP contribution in [0.2, 0.25) is 0 Å². The normalized spacial score (nSPS) is 18.9. The molecule has 1 aromatic heterocycles. The van der Waals surface area contributed by atoms with Gasteiger partial charge in [0, 0.05) is 43.1 Å². The van der Waals surface area contributed by atoms with Crippen molar-refractivity contribution in [2.75, 3.05) is 0 Å². The Hall–Kier alpha value is -2.07. The molecule has 1 atom stereocenters. The summed E-state index contributed by atoms with van der Waals surface area (Å²) in [5.41, 5.74) is 12.7.